The number of urea groups is 1. The Bertz CT molecular complexity index is 910. The molecule has 4 rings (SSSR count). The predicted octanol–water partition coefficient (Wildman–Crippen LogP) is 2.40. The molecule has 1 aromatic carbocycles. The van der Waals surface area contributed by atoms with E-state index in [0.29, 0.717) is 35.1 Å². The number of hydrogen-bond donors (Lipinski definition) is 2. The van der Waals surface area contributed by atoms with Crippen molar-refractivity contribution < 1.29 is 18.7 Å². The second-order valence-electron chi connectivity index (χ2n) is 6.16. The van der Waals surface area contributed by atoms with Crippen LogP contribution in [0.15, 0.2) is 30.5 Å². The van der Waals surface area contributed by atoms with Crippen LogP contribution in [0.2, 0.25) is 0 Å². The first-order valence-corrected chi connectivity index (χ1v) is 8.05. The fourth-order valence-electron chi connectivity index (χ4n) is 3.36. The highest BCUT2D eigenvalue weighted by atomic mass is 19.1. The van der Waals surface area contributed by atoms with E-state index >= 15 is 0 Å². The van der Waals surface area contributed by atoms with Crippen molar-refractivity contribution >= 4 is 11.8 Å². The zero-order valence-corrected chi connectivity index (χ0v) is 13.8. The predicted molar refractivity (Wildman–Crippen MR) is 89.6 cm³/mol. The summed E-state index contributed by atoms with van der Waals surface area (Å²) in [7, 11) is 1.50. The summed E-state index contributed by atoms with van der Waals surface area (Å²) < 4.78 is 25.2. The number of benzene rings is 1. The third-order valence-corrected chi connectivity index (χ3v) is 4.68. The van der Waals surface area contributed by atoms with Crippen LogP contribution in [0.5, 0.6) is 11.5 Å². The first-order chi connectivity index (χ1) is 12.6. The molecule has 2 aromatic rings. The maximum absolute atomic E-state index is 14.3. The zero-order chi connectivity index (χ0) is 18.3. The van der Waals surface area contributed by atoms with Crippen molar-refractivity contribution in [1.29, 1.82) is 5.26 Å². The van der Waals surface area contributed by atoms with Gasteiger partial charge in [-0.15, -0.1) is 0 Å². The number of anilines is 1. The molecule has 2 heterocycles. The minimum Gasteiger partial charge on any atom is -0.493 e. The van der Waals surface area contributed by atoms with E-state index in [0.717, 1.165) is 0 Å². The highest BCUT2D eigenvalue weighted by Gasteiger charge is 2.57. The van der Waals surface area contributed by atoms with Crippen LogP contribution < -0.4 is 20.1 Å². The first kappa shape index (κ1) is 16.1. The number of aromatic nitrogens is 1. The number of rotatable bonds is 3. The highest BCUT2D eigenvalue weighted by Crippen LogP contribution is 2.56. The van der Waals surface area contributed by atoms with Crippen molar-refractivity contribution in [2.24, 2.45) is 5.92 Å². The van der Waals surface area contributed by atoms with Gasteiger partial charge in [-0.25, -0.2) is 14.2 Å². The Labute approximate surface area is 148 Å². The largest absolute Gasteiger partial charge is 0.493 e. The fraction of sp³-hybridized carbons (Fsp3) is 0.278. The third-order valence-electron chi connectivity index (χ3n) is 4.68. The molecule has 0 saturated heterocycles. The molecule has 0 bridgehead atoms. The van der Waals surface area contributed by atoms with E-state index in [9.17, 15) is 9.18 Å². The monoisotopic (exact) mass is 354 g/mol. The molecule has 0 spiro atoms. The van der Waals surface area contributed by atoms with Gasteiger partial charge in [0.2, 0.25) is 0 Å². The molecule has 1 fully saturated rings. The van der Waals surface area contributed by atoms with Gasteiger partial charge in [0.25, 0.3) is 0 Å². The second-order valence-corrected chi connectivity index (χ2v) is 6.16. The van der Waals surface area contributed by atoms with Crippen LogP contribution in [0, 0.1) is 23.1 Å². The molecule has 7 nitrogen and oxygen atoms in total. The number of ether oxygens (including phenoxy) is 2. The number of nitrogens with zero attached hydrogens (tertiary/aromatic N) is 2. The molecule has 0 radical (unpaired) electrons. The van der Waals surface area contributed by atoms with Crippen LogP contribution in [0.25, 0.3) is 0 Å². The SMILES string of the molecule is COc1ccc(F)c2c1OCC1C(NC(=O)Nc3ccc(C#N)cn3)C21. The average molecular weight is 354 g/mol. The lowest BCUT2D eigenvalue weighted by Crippen LogP contribution is -2.32. The minimum absolute atomic E-state index is 0.0174. The molecular formula is C18H15FN4O3. The number of fused-ring (bicyclic) bond motifs is 3. The van der Waals surface area contributed by atoms with Gasteiger partial charge in [0, 0.05) is 29.6 Å². The van der Waals surface area contributed by atoms with Gasteiger partial charge in [-0.3, -0.25) is 5.32 Å². The van der Waals surface area contributed by atoms with E-state index in [1.54, 1.807) is 12.1 Å². The van der Waals surface area contributed by atoms with E-state index in [1.165, 1.54) is 25.4 Å². The standard InChI is InChI=1S/C18H15FN4O3/c1-25-12-4-3-11(19)15-14-10(8-26-17(12)15)16(14)23-18(24)22-13-5-2-9(6-20)7-21-13/h2-5,7,10,14,16H,8H2,1H3,(H2,21,22,23,24). The van der Waals surface area contributed by atoms with Crippen LogP contribution in [0.4, 0.5) is 15.0 Å². The number of hydrogen-bond acceptors (Lipinski definition) is 5. The van der Waals surface area contributed by atoms with E-state index in [4.69, 9.17) is 14.7 Å². The van der Waals surface area contributed by atoms with Crippen molar-refractivity contribution in [3.05, 3.63) is 47.4 Å². The van der Waals surface area contributed by atoms with Crippen molar-refractivity contribution in [2.75, 3.05) is 19.0 Å². The lowest BCUT2D eigenvalue weighted by molar-refractivity contribution is 0.247. The molecule has 1 aliphatic carbocycles. The van der Waals surface area contributed by atoms with Gasteiger partial charge in [0.1, 0.15) is 17.7 Å². The summed E-state index contributed by atoms with van der Waals surface area (Å²) in [6.45, 7) is 0.386. The smallest absolute Gasteiger partial charge is 0.320 e. The molecule has 1 saturated carbocycles. The average Bonchev–Trinajstić information content (AvgIpc) is 3.35. The van der Waals surface area contributed by atoms with Crippen LogP contribution in [0.3, 0.4) is 0 Å². The summed E-state index contributed by atoms with van der Waals surface area (Å²) in [5.41, 5.74) is 0.852. The Morgan fingerprint density at radius 3 is 2.96 bits per heavy atom. The number of nitrogens with one attached hydrogen (secondary N) is 2. The summed E-state index contributed by atoms with van der Waals surface area (Å²) in [6, 6.07) is 7.27. The van der Waals surface area contributed by atoms with Crippen LogP contribution in [-0.4, -0.2) is 30.8 Å². The Morgan fingerprint density at radius 1 is 1.42 bits per heavy atom. The molecule has 1 aromatic heterocycles. The van der Waals surface area contributed by atoms with Gasteiger partial charge in [-0.05, 0) is 24.3 Å². The topological polar surface area (TPSA) is 96.3 Å². The first-order valence-electron chi connectivity index (χ1n) is 8.05. The lowest BCUT2D eigenvalue weighted by atomic mass is 10.0. The van der Waals surface area contributed by atoms with Gasteiger partial charge in [-0.1, -0.05) is 0 Å². The highest BCUT2D eigenvalue weighted by molar-refractivity contribution is 5.89. The summed E-state index contributed by atoms with van der Waals surface area (Å²) >= 11 is 0. The van der Waals surface area contributed by atoms with Crippen molar-refractivity contribution in [3.8, 4) is 17.6 Å². The molecule has 2 N–H and O–H groups in total. The minimum atomic E-state index is -0.438. The quantitative estimate of drug-likeness (QED) is 0.882. The summed E-state index contributed by atoms with van der Waals surface area (Å²) in [6.07, 6.45) is 1.37. The van der Waals surface area contributed by atoms with Gasteiger partial charge in [0.05, 0.1) is 19.3 Å². The van der Waals surface area contributed by atoms with E-state index < -0.39 is 6.03 Å². The molecule has 1 aliphatic heterocycles. The number of halogens is 1. The molecule has 3 unspecified atom stereocenters. The van der Waals surface area contributed by atoms with Crippen molar-refractivity contribution in [3.63, 3.8) is 0 Å². The van der Waals surface area contributed by atoms with Gasteiger partial charge in [0.15, 0.2) is 11.5 Å². The molecule has 3 atom stereocenters. The summed E-state index contributed by atoms with van der Waals surface area (Å²) in [5.74, 6) is 0.727. The van der Waals surface area contributed by atoms with Gasteiger partial charge < -0.3 is 14.8 Å². The molecule has 132 valence electrons. The second kappa shape index (κ2) is 6.19. The number of pyridine rings is 1. The van der Waals surface area contributed by atoms with E-state index in [1.807, 2.05) is 6.07 Å². The third kappa shape index (κ3) is 2.67. The summed E-state index contributed by atoms with van der Waals surface area (Å²) in [4.78, 5) is 16.2. The lowest BCUT2D eigenvalue weighted by Gasteiger charge is -2.19. The Morgan fingerprint density at radius 2 is 2.27 bits per heavy atom. The maximum atomic E-state index is 14.3. The molecular weight excluding hydrogens is 339 g/mol. The maximum Gasteiger partial charge on any atom is 0.320 e. The van der Waals surface area contributed by atoms with Crippen molar-refractivity contribution in [1.82, 2.24) is 10.3 Å². The van der Waals surface area contributed by atoms with E-state index in [-0.39, 0.29) is 23.7 Å². The molecule has 2 aliphatic rings. The van der Waals surface area contributed by atoms with Crippen LogP contribution in [0.1, 0.15) is 17.0 Å². The Hall–Kier alpha value is -3.34. The Balaban J connectivity index is 1.46. The zero-order valence-electron chi connectivity index (χ0n) is 13.8. The van der Waals surface area contributed by atoms with E-state index in [2.05, 4.69) is 15.6 Å². The Kier molecular flexibility index (Phi) is 3.84. The van der Waals surface area contributed by atoms with Crippen LogP contribution >= 0.6 is 0 Å². The number of amides is 2. The summed E-state index contributed by atoms with van der Waals surface area (Å²) in [5, 5.41) is 14.2. The molecule has 2 amide bonds. The number of nitriles is 1. The number of carbonyl (C=O) groups is 1. The fourth-order valence-corrected chi connectivity index (χ4v) is 3.36. The normalized spacial score (nSPS) is 22.1. The molecule has 26 heavy (non-hydrogen) atoms. The van der Waals surface area contributed by atoms with Crippen LogP contribution in [-0.2, 0) is 0 Å². The number of carbonyl (C=O) groups excluding carboxylic acids is 1. The van der Waals surface area contributed by atoms with Crippen molar-refractivity contribution in [2.45, 2.75) is 12.0 Å². The number of methoxy groups -OCH3 is 1. The molecule has 8 heteroatoms. The van der Waals surface area contributed by atoms with Gasteiger partial charge in [-0.2, -0.15) is 5.26 Å². The van der Waals surface area contributed by atoms with Gasteiger partial charge >= 0.3 is 6.03 Å².